The Morgan fingerprint density at radius 1 is 0.833 bits per heavy atom. The van der Waals surface area contributed by atoms with Gasteiger partial charge < -0.3 is 14.2 Å². The lowest BCUT2D eigenvalue weighted by Crippen LogP contribution is -2.26. The zero-order valence-corrected chi connectivity index (χ0v) is 16.3. The van der Waals surface area contributed by atoms with E-state index in [4.69, 9.17) is 22.6 Å². The summed E-state index contributed by atoms with van der Waals surface area (Å²) in [7, 11) is -4.06. The topological polar surface area (TPSA) is 80.3 Å². The Labute approximate surface area is 147 Å². The molecule has 0 saturated carbocycles. The predicted octanol–water partition coefficient (Wildman–Crippen LogP) is 2.90. The summed E-state index contributed by atoms with van der Waals surface area (Å²) < 4.78 is 48.3. The van der Waals surface area contributed by atoms with Gasteiger partial charge in [0.25, 0.3) is 0 Å². The smallest absolute Gasteiger partial charge is 0.379 e. The Hall–Kier alpha value is -0.250. The second-order valence-corrected chi connectivity index (χ2v) is 7.00. The number of unbranched alkanes of at least 4 members (excludes halogenated alkanes) is 2. The predicted molar refractivity (Wildman–Crippen MR) is 92.0 cm³/mol. The van der Waals surface area contributed by atoms with Gasteiger partial charge in [0.15, 0.2) is 6.29 Å². The van der Waals surface area contributed by atoms with Crippen LogP contribution in [0.25, 0.3) is 0 Å². The molecule has 146 valence electrons. The van der Waals surface area contributed by atoms with Crippen molar-refractivity contribution in [3.8, 4) is 0 Å². The lowest BCUT2D eigenvalue weighted by Gasteiger charge is -2.16. The van der Waals surface area contributed by atoms with E-state index >= 15 is 0 Å². The average molecular weight is 371 g/mol. The maximum absolute atomic E-state index is 11.6. The van der Waals surface area contributed by atoms with Crippen LogP contribution in [0.1, 0.15) is 53.4 Å². The van der Waals surface area contributed by atoms with Crippen LogP contribution in [0.5, 0.6) is 0 Å². The standard InChI is InChI=1S/C16H34O7S/c1-5-20-16(21-6-2)14-23-24(17,18)22-13-12-19-11-9-7-8-10-15(3)4/h15-16H,5-14H2,1-4H3. The van der Waals surface area contributed by atoms with Gasteiger partial charge in [-0.2, -0.15) is 8.42 Å². The van der Waals surface area contributed by atoms with Crippen LogP contribution in [0.15, 0.2) is 0 Å². The molecule has 0 aliphatic carbocycles. The van der Waals surface area contributed by atoms with Gasteiger partial charge in [0.2, 0.25) is 0 Å². The van der Waals surface area contributed by atoms with Crippen LogP contribution < -0.4 is 0 Å². The minimum Gasteiger partial charge on any atom is -0.379 e. The van der Waals surface area contributed by atoms with Gasteiger partial charge in [0.1, 0.15) is 6.61 Å². The van der Waals surface area contributed by atoms with Crippen molar-refractivity contribution in [3.63, 3.8) is 0 Å². The van der Waals surface area contributed by atoms with Crippen molar-refractivity contribution >= 4 is 10.4 Å². The molecule has 0 aromatic carbocycles. The highest BCUT2D eigenvalue weighted by Crippen LogP contribution is 2.08. The van der Waals surface area contributed by atoms with Gasteiger partial charge in [0, 0.05) is 19.8 Å². The monoisotopic (exact) mass is 370 g/mol. The fourth-order valence-electron chi connectivity index (χ4n) is 1.92. The van der Waals surface area contributed by atoms with Crippen LogP contribution in [0.3, 0.4) is 0 Å². The largest absolute Gasteiger partial charge is 0.400 e. The molecule has 0 amide bonds. The highest BCUT2D eigenvalue weighted by molar-refractivity contribution is 7.81. The van der Waals surface area contributed by atoms with E-state index in [9.17, 15) is 8.42 Å². The summed E-state index contributed by atoms with van der Waals surface area (Å²) in [5.41, 5.74) is 0. The summed E-state index contributed by atoms with van der Waals surface area (Å²) in [4.78, 5) is 0. The number of ether oxygens (including phenoxy) is 3. The van der Waals surface area contributed by atoms with Crippen LogP contribution in [0.2, 0.25) is 0 Å². The van der Waals surface area contributed by atoms with Crippen LogP contribution >= 0.6 is 0 Å². The molecule has 0 aliphatic rings. The molecule has 0 bridgehead atoms. The Kier molecular flexibility index (Phi) is 14.9. The van der Waals surface area contributed by atoms with E-state index in [-0.39, 0.29) is 19.8 Å². The molecule has 0 atom stereocenters. The molecule has 0 aromatic heterocycles. The van der Waals surface area contributed by atoms with Gasteiger partial charge in [-0.15, -0.1) is 0 Å². The maximum atomic E-state index is 11.6. The molecule has 7 nitrogen and oxygen atoms in total. The van der Waals surface area contributed by atoms with Crippen LogP contribution in [0, 0.1) is 5.92 Å². The molecule has 8 heteroatoms. The molecule has 0 saturated heterocycles. The zero-order valence-electron chi connectivity index (χ0n) is 15.5. The van der Waals surface area contributed by atoms with E-state index in [0.717, 1.165) is 18.8 Å². The van der Waals surface area contributed by atoms with Gasteiger partial charge in [0.05, 0.1) is 13.2 Å². The van der Waals surface area contributed by atoms with Gasteiger partial charge in [-0.25, -0.2) is 8.37 Å². The van der Waals surface area contributed by atoms with E-state index in [1.165, 1.54) is 12.8 Å². The van der Waals surface area contributed by atoms with Crippen molar-refractivity contribution in [2.24, 2.45) is 5.92 Å². The molecule has 24 heavy (non-hydrogen) atoms. The third-order valence-corrected chi connectivity index (χ3v) is 3.96. The minimum atomic E-state index is -4.06. The molecule has 0 N–H and O–H groups in total. The first-order chi connectivity index (χ1) is 11.4. The van der Waals surface area contributed by atoms with Crippen LogP contribution in [-0.2, 0) is 33.0 Å². The second-order valence-electron chi connectivity index (χ2n) is 5.71. The minimum absolute atomic E-state index is 0.0672. The number of rotatable bonds is 17. The van der Waals surface area contributed by atoms with Gasteiger partial charge in [-0.1, -0.05) is 33.1 Å². The van der Waals surface area contributed by atoms with E-state index in [1.54, 1.807) is 13.8 Å². The SMILES string of the molecule is CCOC(COS(=O)(=O)OCCOCCCCCC(C)C)OCC. The first-order valence-corrected chi connectivity index (χ1v) is 10.1. The van der Waals surface area contributed by atoms with Crippen molar-refractivity contribution in [1.82, 2.24) is 0 Å². The molecule has 0 unspecified atom stereocenters. The van der Waals surface area contributed by atoms with E-state index < -0.39 is 16.7 Å². The fourth-order valence-corrected chi connectivity index (χ4v) is 2.54. The van der Waals surface area contributed by atoms with Gasteiger partial charge in [-0.3, -0.25) is 0 Å². The van der Waals surface area contributed by atoms with Crippen LogP contribution in [-0.4, -0.2) is 54.3 Å². The molecule has 0 radical (unpaired) electrons. The fraction of sp³-hybridized carbons (Fsp3) is 1.00. The first-order valence-electron chi connectivity index (χ1n) is 8.76. The van der Waals surface area contributed by atoms with Crippen molar-refractivity contribution < 1.29 is 31.0 Å². The Bertz CT molecular complexity index is 365. The van der Waals surface area contributed by atoms with Crippen molar-refractivity contribution in [2.75, 3.05) is 39.6 Å². The molecular weight excluding hydrogens is 336 g/mol. The third kappa shape index (κ3) is 15.3. The van der Waals surface area contributed by atoms with E-state index in [0.29, 0.717) is 19.8 Å². The average Bonchev–Trinajstić information content (AvgIpc) is 2.51. The number of hydrogen-bond donors (Lipinski definition) is 0. The van der Waals surface area contributed by atoms with Crippen LogP contribution in [0.4, 0.5) is 0 Å². The molecule has 0 aliphatic heterocycles. The summed E-state index contributed by atoms with van der Waals surface area (Å²) in [5, 5.41) is 0. The normalized spacial score (nSPS) is 12.4. The molecule has 0 spiro atoms. The second kappa shape index (κ2) is 15.0. The molecule has 0 heterocycles. The van der Waals surface area contributed by atoms with Crippen molar-refractivity contribution in [1.29, 1.82) is 0 Å². The zero-order chi connectivity index (χ0) is 18.3. The van der Waals surface area contributed by atoms with Gasteiger partial charge >= 0.3 is 10.4 Å². The highest BCUT2D eigenvalue weighted by Gasteiger charge is 2.17. The molecule has 0 fully saturated rings. The molecule has 0 aromatic rings. The van der Waals surface area contributed by atoms with E-state index in [1.807, 2.05) is 0 Å². The quantitative estimate of drug-likeness (QED) is 0.288. The van der Waals surface area contributed by atoms with Crippen molar-refractivity contribution in [2.45, 2.75) is 59.7 Å². The highest BCUT2D eigenvalue weighted by atomic mass is 32.3. The van der Waals surface area contributed by atoms with Gasteiger partial charge in [-0.05, 0) is 26.2 Å². The Morgan fingerprint density at radius 3 is 2.08 bits per heavy atom. The summed E-state index contributed by atoms with van der Waals surface area (Å²) in [6, 6.07) is 0. The van der Waals surface area contributed by atoms with E-state index in [2.05, 4.69) is 13.8 Å². The summed E-state index contributed by atoms with van der Waals surface area (Å²) in [6.45, 7) is 9.33. The molecular formula is C16H34O7S. The summed E-state index contributed by atoms with van der Waals surface area (Å²) in [5.74, 6) is 0.731. The lowest BCUT2D eigenvalue weighted by molar-refractivity contribution is -0.153. The molecule has 0 rings (SSSR count). The van der Waals surface area contributed by atoms with Crippen molar-refractivity contribution in [3.05, 3.63) is 0 Å². The Balaban J connectivity index is 3.66. The number of hydrogen-bond acceptors (Lipinski definition) is 7. The first kappa shape index (κ1) is 23.8. The summed E-state index contributed by atoms with van der Waals surface area (Å²) >= 11 is 0. The summed E-state index contributed by atoms with van der Waals surface area (Å²) in [6.07, 6.45) is 3.79. The Morgan fingerprint density at radius 2 is 1.50 bits per heavy atom. The lowest BCUT2D eigenvalue weighted by atomic mass is 10.1. The third-order valence-electron chi connectivity index (χ3n) is 3.08. The maximum Gasteiger partial charge on any atom is 0.400 e.